The topological polar surface area (TPSA) is 136 Å². The number of nitrogens with zero attached hydrogens (tertiary/aromatic N) is 2. The lowest BCUT2D eigenvalue weighted by Crippen LogP contribution is -2.66. The number of benzene rings is 5. The van der Waals surface area contributed by atoms with Crippen LogP contribution in [0.1, 0.15) is 55.7 Å². The molecule has 0 amide bonds. The van der Waals surface area contributed by atoms with Gasteiger partial charge in [0.2, 0.25) is 10.0 Å². The van der Waals surface area contributed by atoms with E-state index in [0.29, 0.717) is 5.69 Å². The smallest absolute Gasteiger partial charge is 0.269 e. The van der Waals surface area contributed by atoms with Crippen LogP contribution in [-0.4, -0.2) is 49.3 Å². The second-order valence-electron chi connectivity index (χ2n) is 15.3. The van der Waals surface area contributed by atoms with Gasteiger partial charge in [-0.05, 0) is 70.2 Å². The maximum atomic E-state index is 14.1. The SMILES string of the molecule is Cc1ccc(S(=O)(=O)N2C[C@@H]3C[C@@H](NS(=O)(=O)c4ccc([N+](=O)[O-])cc4)[C@H](C#CCO[Si](c4ccccc4)(c4ccccc4)C(C)(C)C)c4cccc2c43)cc1. The molecule has 0 unspecified atom stereocenters. The van der Waals surface area contributed by atoms with E-state index in [4.69, 9.17) is 4.43 Å². The first-order valence-electron chi connectivity index (χ1n) is 18.4. The van der Waals surface area contributed by atoms with Crippen LogP contribution < -0.4 is 19.4 Å². The Labute approximate surface area is 329 Å². The summed E-state index contributed by atoms with van der Waals surface area (Å²) < 4.78 is 67.4. The van der Waals surface area contributed by atoms with Gasteiger partial charge < -0.3 is 4.43 Å². The summed E-state index contributed by atoms with van der Waals surface area (Å²) in [5.74, 6) is 5.68. The van der Waals surface area contributed by atoms with Gasteiger partial charge in [-0.25, -0.2) is 21.6 Å². The molecule has 10 nitrogen and oxygen atoms in total. The predicted molar refractivity (Wildman–Crippen MR) is 221 cm³/mol. The number of nitro benzene ring substituents is 1. The van der Waals surface area contributed by atoms with E-state index in [1.807, 2.05) is 49.4 Å². The first-order chi connectivity index (χ1) is 26.6. The summed E-state index contributed by atoms with van der Waals surface area (Å²) in [4.78, 5) is 10.7. The van der Waals surface area contributed by atoms with Crippen LogP contribution in [0.5, 0.6) is 0 Å². The Kier molecular flexibility index (Phi) is 10.6. The second kappa shape index (κ2) is 15.1. The number of rotatable bonds is 10. The predicted octanol–water partition coefficient (Wildman–Crippen LogP) is 6.61. The van der Waals surface area contributed by atoms with E-state index in [1.165, 1.54) is 16.4 Å². The fraction of sp³-hybridized carbons (Fsp3) is 0.256. The van der Waals surface area contributed by atoms with Crippen molar-refractivity contribution < 1.29 is 26.2 Å². The summed E-state index contributed by atoms with van der Waals surface area (Å²) in [5, 5.41) is 13.2. The van der Waals surface area contributed by atoms with Crippen molar-refractivity contribution in [3.63, 3.8) is 0 Å². The molecule has 288 valence electrons. The van der Waals surface area contributed by atoms with Crippen LogP contribution in [0.25, 0.3) is 0 Å². The van der Waals surface area contributed by atoms with E-state index in [-0.39, 0.29) is 46.0 Å². The van der Waals surface area contributed by atoms with Gasteiger partial charge in [-0.15, -0.1) is 0 Å². The quantitative estimate of drug-likeness (QED) is 0.0727. The van der Waals surface area contributed by atoms with Gasteiger partial charge in [-0.3, -0.25) is 14.4 Å². The summed E-state index contributed by atoms with van der Waals surface area (Å²) in [6.45, 7) is 8.64. The van der Waals surface area contributed by atoms with Crippen molar-refractivity contribution in [1.82, 2.24) is 4.72 Å². The van der Waals surface area contributed by atoms with Crippen molar-refractivity contribution in [3.05, 3.63) is 154 Å². The van der Waals surface area contributed by atoms with Crippen LogP contribution in [0.3, 0.4) is 0 Å². The molecule has 1 N–H and O–H groups in total. The summed E-state index contributed by atoms with van der Waals surface area (Å²) in [6.07, 6.45) is 0.269. The minimum atomic E-state index is -4.18. The normalized spacial score (nSPS) is 18.1. The Hall–Kier alpha value is -5.10. The molecule has 5 aromatic rings. The van der Waals surface area contributed by atoms with Crippen LogP contribution in [0.2, 0.25) is 5.04 Å². The van der Waals surface area contributed by atoms with E-state index in [2.05, 4.69) is 61.6 Å². The van der Waals surface area contributed by atoms with E-state index >= 15 is 0 Å². The largest absolute Gasteiger partial charge is 0.396 e. The molecular weight excluding hydrogens is 763 g/mol. The van der Waals surface area contributed by atoms with Crippen molar-refractivity contribution in [2.24, 2.45) is 0 Å². The van der Waals surface area contributed by atoms with E-state index in [1.54, 1.807) is 36.4 Å². The third kappa shape index (κ3) is 7.19. The first-order valence-corrected chi connectivity index (χ1v) is 23.2. The van der Waals surface area contributed by atoms with Crippen LogP contribution in [0.4, 0.5) is 11.4 Å². The molecule has 1 heterocycles. The maximum absolute atomic E-state index is 14.1. The minimum Gasteiger partial charge on any atom is -0.396 e. The van der Waals surface area contributed by atoms with Gasteiger partial charge in [-0.1, -0.05) is 123 Å². The number of hydrogen-bond donors (Lipinski definition) is 1. The van der Waals surface area contributed by atoms with E-state index < -0.39 is 45.2 Å². The van der Waals surface area contributed by atoms with Crippen molar-refractivity contribution in [2.75, 3.05) is 17.5 Å². The molecule has 0 fully saturated rings. The third-order valence-electron chi connectivity index (χ3n) is 10.8. The van der Waals surface area contributed by atoms with Crippen LogP contribution in [-0.2, 0) is 24.5 Å². The molecule has 0 saturated heterocycles. The van der Waals surface area contributed by atoms with Crippen LogP contribution in [0.15, 0.2) is 137 Å². The standard InChI is InChI=1S/C43H43N3O7S2Si/c1-31-20-24-35(25-21-31)55(51,52)45-30-32-29-40(44-54(49,50)34-26-22-33(23-27-34)46(47)48)38(39-17-11-19-41(45)42(32)39)18-12-28-53-56(43(2,3)4,36-13-7-5-8-14-36)37-15-9-6-10-16-37/h5-11,13-17,19-27,32,38,40,44H,28-30H2,1-4H3/t32-,38+,40+/m0/s1. The summed E-state index contributed by atoms with van der Waals surface area (Å²) in [5.41, 5.74) is 2.84. The number of nitrogens with one attached hydrogen (secondary N) is 1. The molecule has 7 rings (SSSR count). The number of nitro groups is 1. The maximum Gasteiger partial charge on any atom is 0.269 e. The summed E-state index contributed by atoms with van der Waals surface area (Å²) in [7, 11) is -11.1. The molecular formula is C43H43N3O7S2Si. The lowest BCUT2D eigenvalue weighted by atomic mass is 9.75. The van der Waals surface area contributed by atoms with Crippen molar-refractivity contribution in [1.29, 1.82) is 0 Å². The van der Waals surface area contributed by atoms with Gasteiger partial charge >= 0.3 is 0 Å². The zero-order valence-electron chi connectivity index (χ0n) is 31.5. The monoisotopic (exact) mass is 805 g/mol. The Morgan fingerprint density at radius 2 is 1.41 bits per heavy atom. The molecule has 0 bridgehead atoms. The average Bonchev–Trinajstić information content (AvgIpc) is 3.56. The lowest BCUT2D eigenvalue weighted by molar-refractivity contribution is -0.384. The van der Waals surface area contributed by atoms with E-state index in [0.717, 1.165) is 39.2 Å². The molecule has 0 saturated carbocycles. The van der Waals surface area contributed by atoms with Crippen LogP contribution in [0, 0.1) is 28.9 Å². The molecule has 2 aliphatic rings. The zero-order valence-corrected chi connectivity index (χ0v) is 34.2. The highest BCUT2D eigenvalue weighted by Gasteiger charge is 2.50. The summed E-state index contributed by atoms with van der Waals surface area (Å²) >= 11 is 0. The Balaban J connectivity index is 1.29. The van der Waals surface area contributed by atoms with Crippen molar-refractivity contribution in [2.45, 2.75) is 66.8 Å². The average molecular weight is 806 g/mol. The number of aryl methyl sites for hydroxylation is 1. The molecule has 0 aromatic heterocycles. The number of hydrogen-bond acceptors (Lipinski definition) is 7. The Morgan fingerprint density at radius 3 is 1.98 bits per heavy atom. The second-order valence-corrected chi connectivity index (χ2v) is 23.2. The lowest BCUT2D eigenvalue weighted by Gasteiger charge is -2.42. The molecule has 13 heteroatoms. The van der Waals surface area contributed by atoms with Gasteiger partial charge in [0.15, 0.2) is 0 Å². The molecule has 0 radical (unpaired) electrons. The van der Waals surface area contributed by atoms with Gasteiger partial charge in [0.05, 0.1) is 32.9 Å². The fourth-order valence-corrected chi connectivity index (χ4v) is 15.4. The third-order valence-corrected chi connectivity index (χ3v) is 19.0. The highest BCUT2D eigenvalue weighted by atomic mass is 32.2. The number of non-ortho nitro benzene ring substituents is 1. The molecule has 0 spiro atoms. The van der Waals surface area contributed by atoms with Crippen molar-refractivity contribution in [3.8, 4) is 11.8 Å². The molecule has 1 aliphatic heterocycles. The Bertz CT molecular complexity index is 2490. The van der Waals surface area contributed by atoms with E-state index in [9.17, 15) is 26.9 Å². The molecule has 56 heavy (non-hydrogen) atoms. The van der Waals surface area contributed by atoms with Crippen molar-refractivity contribution >= 4 is 50.1 Å². The van der Waals surface area contributed by atoms with Gasteiger partial charge in [0, 0.05) is 30.6 Å². The molecule has 5 aromatic carbocycles. The molecule has 1 aliphatic carbocycles. The van der Waals surface area contributed by atoms with Gasteiger partial charge in [-0.2, -0.15) is 0 Å². The minimum absolute atomic E-state index is 0.0674. The fourth-order valence-electron chi connectivity index (χ4n) is 8.18. The van der Waals surface area contributed by atoms with Crippen LogP contribution >= 0.6 is 0 Å². The zero-order chi connectivity index (χ0) is 39.9. The Morgan fingerprint density at radius 1 is 0.821 bits per heavy atom. The molecule has 3 atom stereocenters. The highest BCUT2D eigenvalue weighted by Crippen LogP contribution is 2.50. The number of sulfonamides is 2. The first kappa shape index (κ1) is 39.1. The number of anilines is 1. The highest BCUT2D eigenvalue weighted by molar-refractivity contribution is 7.92. The van der Waals surface area contributed by atoms with Gasteiger partial charge in [0.1, 0.15) is 0 Å². The van der Waals surface area contributed by atoms with Gasteiger partial charge in [0.25, 0.3) is 24.0 Å². The summed E-state index contributed by atoms with van der Waals surface area (Å²) in [6, 6.07) is 36.6.